The van der Waals surface area contributed by atoms with Gasteiger partial charge in [0.2, 0.25) is 0 Å². The van der Waals surface area contributed by atoms with E-state index < -0.39 is 0 Å². The molecule has 1 nitrogen and oxygen atoms in total. The molecule has 8 aromatic carbocycles. The lowest BCUT2D eigenvalue weighted by Crippen LogP contribution is -2.29. The van der Waals surface area contributed by atoms with Crippen LogP contribution in [0.25, 0.3) is 44.2 Å². The minimum Gasteiger partial charge on any atom is -0.264 e. The molecule has 0 N–H and O–H groups in total. The highest BCUT2D eigenvalue weighted by atomic mass is 14.6. The average Bonchev–Trinajstić information content (AvgIpc) is 3.76. The van der Waals surface area contributed by atoms with Gasteiger partial charge in [-0.1, -0.05) is 272 Å². The number of pyridine rings is 1. The maximum Gasteiger partial charge on any atom is 0.0710 e. The summed E-state index contributed by atoms with van der Waals surface area (Å²) in [4.78, 5) is 4.11. The summed E-state index contributed by atoms with van der Waals surface area (Å²) in [5.41, 5.74) is 22.5. The number of hydrogen-bond acceptors (Lipinski definition) is 1. The van der Waals surface area contributed by atoms with Gasteiger partial charge < -0.3 is 0 Å². The zero-order valence-electron chi connectivity index (χ0n) is 48.0. The van der Waals surface area contributed by atoms with Gasteiger partial charge in [0.1, 0.15) is 0 Å². The van der Waals surface area contributed by atoms with Crippen LogP contribution in [0.2, 0.25) is 0 Å². The van der Waals surface area contributed by atoms with Crippen LogP contribution in [0.15, 0.2) is 254 Å². The summed E-state index contributed by atoms with van der Waals surface area (Å²) in [6.45, 7) is 27.1. The maximum absolute atomic E-state index is 4.11. The molecule has 1 heteroatoms. The third-order valence-electron chi connectivity index (χ3n) is 13.7. The molecule has 11 rings (SSSR count). The van der Waals surface area contributed by atoms with Gasteiger partial charge in [0, 0.05) is 17.8 Å². The summed E-state index contributed by atoms with van der Waals surface area (Å²) < 4.78 is 0. The molecular formula is C75H83N. The van der Waals surface area contributed by atoms with Gasteiger partial charge in [-0.25, -0.2) is 0 Å². The van der Waals surface area contributed by atoms with Gasteiger partial charge in [-0.05, 0) is 162 Å². The number of aromatic nitrogens is 1. The van der Waals surface area contributed by atoms with Gasteiger partial charge in [0.25, 0.3) is 0 Å². The van der Waals surface area contributed by atoms with Crippen molar-refractivity contribution in [3.8, 4) is 22.3 Å². The highest BCUT2D eigenvalue weighted by molar-refractivity contribution is 5.87. The molecule has 0 atom stereocenters. The van der Waals surface area contributed by atoms with Crippen molar-refractivity contribution in [2.75, 3.05) is 0 Å². The zero-order chi connectivity index (χ0) is 54.9. The predicted octanol–water partition coefficient (Wildman–Crippen LogP) is 21.8. The fourth-order valence-corrected chi connectivity index (χ4v) is 10.2. The minimum atomic E-state index is -0.254. The van der Waals surface area contributed by atoms with Crippen molar-refractivity contribution in [3.05, 3.63) is 304 Å². The van der Waals surface area contributed by atoms with Crippen LogP contribution in [-0.2, 0) is 5.41 Å². The van der Waals surface area contributed by atoms with Crippen molar-refractivity contribution in [2.45, 2.75) is 108 Å². The first-order valence-electron chi connectivity index (χ1n) is 27.7. The normalized spacial score (nSPS) is 12.6. The Morgan fingerprint density at radius 3 is 1.57 bits per heavy atom. The van der Waals surface area contributed by atoms with Crippen LogP contribution < -0.4 is 0 Å². The van der Waals surface area contributed by atoms with Gasteiger partial charge in [-0.3, -0.25) is 4.98 Å². The second kappa shape index (κ2) is 30.5. The number of nitrogens with zero attached hydrogens (tertiary/aromatic N) is 1. The van der Waals surface area contributed by atoms with E-state index in [4.69, 9.17) is 0 Å². The van der Waals surface area contributed by atoms with Crippen LogP contribution in [0.3, 0.4) is 0 Å². The molecule has 0 fully saturated rings. The molecule has 0 unspecified atom stereocenters. The Morgan fingerprint density at radius 1 is 0.447 bits per heavy atom. The first-order valence-corrected chi connectivity index (χ1v) is 27.7. The minimum absolute atomic E-state index is 0.254. The van der Waals surface area contributed by atoms with E-state index >= 15 is 0 Å². The number of aryl methyl sites for hydroxylation is 4. The highest BCUT2D eigenvalue weighted by Crippen LogP contribution is 2.54. The summed E-state index contributed by atoms with van der Waals surface area (Å²) in [5.74, 6) is 0. The molecule has 0 saturated carbocycles. The molecule has 0 bridgehead atoms. The Kier molecular flexibility index (Phi) is 23.7. The SMILES string of the molecule is C/C=C\C1=C(C)c2ccccc2C1(c1ccccc1)c1ccccc1.CC.CC.CC.CC1=C(c2cccc(-c3ccc(-c4ccccc4C)c(C)c3)c2)CCC=C1.Cc1ccccc1.Cc1cncc2ccccc12. The smallest absolute Gasteiger partial charge is 0.0710 e. The molecule has 2 aliphatic rings. The number of fused-ring (bicyclic) bond motifs is 2. The third-order valence-corrected chi connectivity index (χ3v) is 13.7. The van der Waals surface area contributed by atoms with Crippen LogP contribution in [0.1, 0.15) is 125 Å². The molecule has 0 aliphatic heterocycles. The molecule has 76 heavy (non-hydrogen) atoms. The van der Waals surface area contributed by atoms with Crippen molar-refractivity contribution < 1.29 is 0 Å². The number of hydrogen-bond donors (Lipinski definition) is 0. The molecular weight excluding hydrogens is 915 g/mol. The topological polar surface area (TPSA) is 12.9 Å². The fourth-order valence-electron chi connectivity index (χ4n) is 10.2. The Morgan fingerprint density at radius 2 is 0.987 bits per heavy atom. The van der Waals surface area contributed by atoms with Crippen LogP contribution in [-0.4, -0.2) is 4.98 Å². The summed E-state index contributed by atoms with van der Waals surface area (Å²) >= 11 is 0. The molecule has 0 saturated heterocycles. The molecule has 2 aliphatic carbocycles. The molecule has 0 spiro atoms. The molecule has 0 amide bonds. The molecule has 1 heterocycles. The lowest BCUT2D eigenvalue weighted by atomic mass is 9.67. The van der Waals surface area contributed by atoms with E-state index in [1.165, 1.54) is 105 Å². The Bertz CT molecular complexity index is 3270. The van der Waals surface area contributed by atoms with E-state index in [1.54, 1.807) is 0 Å². The fraction of sp³-hybridized carbons (Fsp3) is 0.213. The monoisotopic (exact) mass is 998 g/mol. The second-order valence-electron chi connectivity index (χ2n) is 18.4. The van der Waals surface area contributed by atoms with Gasteiger partial charge in [-0.15, -0.1) is 0 Å². The third kappa shape index (κ3) is 14.3. The van der Waals surface area contributed by atoms with E-state index in [1.807, 2.05) is 78.2 Å². The van der Waals surface area contributed by atoms with Crippen molar-refractivity contribution in [2.24, 2.45) is 0 Å². The van der Waals surface area contributed by atoms with E-state index in [2.05, 4.69) is 260 Å². The molecule has 1 aromatic heterocycles. The molecule has 9 aromatic rings. The maximum atomic E-state index is 4.11. The largest absolute Gasteiger partial charge is 0.264 e. The van der Waals surface area contributed by atoms with E-state index in [0.29, 0.717) is 0 Å². The van der Waals surface area contributed by atoms with Crippen LogP contribution in [0, 0.1) is 27.7 Å². The highest BCUT2D eigenvalue weighted by Gasteiger charge is 2.45. The van der Waals surface area contributed by atoms with Crippen molar-refractivity contribution in [1.82, 2.24) is 4.98 Å². The predicted molar refractivity (Wildman–Crippen MR) is 336 cm³/mol. The van der Waals surface area contributed by atoms with Crippen LogP contribution >= 0.6 is 0 Å². The lowest BCUT2D eigenvalue weighted by molar-refractivity contribution is 0.761. The number of allylic oxidation sites excluding steroid dienone is 8. The van der Waals surface area contributed by atoms with Crippen molar-refractivity contribution in [1.29, 1.82) is 0 Å². The Labute approximate surface area is 459 Å². The number of benzene rings is 8. The first kappa shape index (κ1) is 59.0. The lowest BCUT2D eigenvalue weighted by Gasteiger charge is -2.34. The van der Waals surface area contributed by atoms with E-state index in [-0.39, 0.29) is 5.41 Å². The quantitative estimate of drug-likeness (QED) is 0.162. The number of rotatable bonds is 6. The van der Waals surface area contributed by atoms with Gasteiger partial charge in [-0.2, -0.15) is 0 Å². The van der Waals surface area contributed by atoms with Crippen LogP contribution in [0.5, 0.6) is 0 Å². The average molecular weight is 998 g/mol. The van der Waals surface area contributed by atoms with Gasteiger partial charge in [0.15, 0.2) is 0 Å². The first-order chi connectivity index (χ1) is 37.2. The second-order valence-corrected chi connectivity index (χ2v) is 18.4. The van der Waals surface area contributed by atoms with Crippen LogP contribution in [0.4, 0.5) is 0 Å². The molecule has 0 radical (unpaired) electrons. The summed E-state index contributed by atoms with van der Waals surface area (Å²) in [7, 11) is 0. The van der Waals surface area contributed by atoms with Gasteiger partial charge >= 0.3 is 0 Å². The Hall–Kier alpha value is -7.87. The van der Waals surface area contributed by atoms with Gasteiger partial charge in [0.05, 0.1) is 5.41 Å². The Balaban J connectivity index is 0.000000198. The van der Waals surface area contributed by atoms with E-state index in [0.717, 1.165) is 12.8 Å². The van der Waals surface area contributed by atoms with E-state index in [9.17, 15) is 0 Å². The van der Waals surface area contributed by atoms with Crippen molar-refractivity contribution >= 4 is 21.9 Å². The summed E-state index contributed by atoms with van der Waals surface area (Å²) in [6, 6.07) is 73.6. The standard InChI is InChI=1S/C27H26.C25H22.C10H9N.C7H8.3C2H6/c1-19-9-4-6-13-25(19)24-12-8-11-22(18-24)23-15-16-27(21(3)17-23)26-14-7-5-10-20(26)2;1-3-12-23-19(2)22-17-10-11-18-24(22)25(23,20-13-6-4-7-14-20)21-15-8-5-9-16-21;1-8-6-11-7-9-4-2-3-5-10(8)9;1-7-5-3-2-4-6-7;3*1-2/h4-5,7-12,14-18H,6,13H2,1-3H3;3-18H,1-2H3;2-7H,1H3;2-6H,1H3;3*1-2H3/b;12-3-;;;;;. The van der Waals surface area contributed by atoms with Crippen molar-refractivity contribution in [3.63, 3.8) is 0 Å². The summed E-state index contributed by atoms with van der Waals surface area (Å²) in [6.07, 6.45) is 15.0. The summed E-state index contributed by atoms with van der Waals surface area (Å²) in [5, 5.41) is 2.51. The molecule has 388 valence electrons. The zero-order valence-corrected chi connectivity index (χ0v) is 48.0.